The molecular formula is C21H29N3O2. The second kappa shape index (κ2) is 7.14. The first-order valence-corrected chi connectivity index (χ1v) is 9.40. The quantitative estimate of drug-likeness (QED) is 0.865. The van der Waals surface area contributed by atoms with Crippen molar-refractivity contribution in [1.29, 1.82) is 0 Å². The number of amides is 2. The summed E-state index contributed by atoms with van der Waals surface area (Å²) in [6.45, 7) is 12.2. The minimum atomic E-state index is -0.242. The topological polar surface area (TPSA) is 65.2 Å². The van der Waals surface area contributed by atoms with Gasteiger partial charge in [-0.2, -0.15) is 0 Å². The number of nitrogens with one attached hydrogen (secondary N) is 2. The number of likely N-dealkylation sites (tertiary alicyclic amines) is 1. The minimum Gasteiger partial charge on any atom is -0.358 e. The first kappa shape index (κ1) is 18.5. The molecule has 1 aromatic carbocycles. The molecule has 0 radical (unpaired) electrons. The van der Waals surface area contributed by atoms with Crippen LogP contribution in [-0.4, -0.2) is 34.8 Å². The Morgan fingerprint density at radius 3 is 2.73 bits per heavy atom. The van der Waals surface area contributed by atoms with Gasteiger partial charge in [-0.25, -0.2) is 0 Å². The minimum absolute atomic E-state index is 0.0285. The highest BCUT2D eigenvalue weighted by Crippen LogP contribution is 2.26. The highest BCUT2D eigenvalue weighted by molar-refractivity contribution is 5.90. The monoisotopic (exact) mass is 355 g/mol. The lowest BCUT2D eigenvalue weighted by molar-refractivity contribution is -0.129. The number of carbonyl (C=O) groups excluding carboxylic acids is 2. The molecule has 3 rings (SSSR count). The molecule has 26 heavy (non-hydrogen) atoms. The van der Waals surface area contributed by atoms with Crippen molar-refractivity contribution in [3.63, 3.8) is 0 Å². The normalized spacial score (nSPS) is 17.5. The second-order valence-electron chi connectivity index (χ2n) is 8.03. The van der Waals surface area contributed by atoms with Crippen molar-refractivity contribution in [3.8, 4) is 0 Å². The molecule has 1 aliphatic rings. The summed E-state index contributed by atoms with van der Waals surface area (Å²) >= 11 is 0. The summed E-state index contributed by atoms with van der Waals surface area (Å²) in [4.78, 5) is 29.9. The molecule has 1 fully saturated rings. The lowest BCUT2D eigenvalue weighted by Crippen LogP contribution is -2.33. The van der Waals surface area contributed by atoms with Crippen molar-refractivity contribution in [2.24, 2.45) is 11.8 Å². The van der Waals surface area contributed by atoms with Gasteiger partial charge in [0.1, 0.15) is 0 Å². The standard InChI is InChI=1S/C21H29N3O2/c1-12(2)10-24-11-17(8-19(24)25)21(26)22-9-16-6-13(3)7-18-14(4)15(5)23-20(16)18/h6-7,12,17,23H,8-11H2,1-5H3,(H,22,26)/t17-/m0/s1. The van der Waals surface area contributed by atoms with E-state index in [0.29, 0.717) is 25.4 Å². The summed E-state index contributed by atoms with van der Waals surface area (Å²) < 4.78 is 0. The van der Waals surface area contributed by atoms with Crippen LogP contribution in [0.3, 0.4) is 0 Å². The average molecular weight is 355 g/mol. The molecule has 2 aromatic rings. The Kier molecular flexibility index (Phi) is 5.08. The average Bonchev–Trinajstić information content (AvgIpc) is 3.06. The van der Waals surface area contributed by atoms with Crippen LogP contribution in [0, 0.1) is 32.6 Å². The maximum atomic E-state index is 12.6. The lowest BCUT2D eigenvalue weighted by atomic mass is 10.0. The third-order valence-electron chi connectivity index (χ3n) is 5.27. The number of aromatic nitrogens is 1. The molecule has 2 amide bonds. The van der Waals surface area contributed by atoms with Gasteiger partial charge in [-0.15, -0.1) is 0 Å². The van der Waals surface area contributed by atoms with E-state index in [0.717, 1.165) is 23.3 Å². The number of fused-ring (bicyclic) bond motifs is 1. The van der Waals surface area contributed by atoms with E-state index < -0.39 is 0 Å². The first-order chi connectivity index (χ1) is 12.3. The highest BCUT2D eigenvalue weighted by Gasteiger charge is 2.34. The number of carbonyl (C=O) groups is 2. The number of H-pyrrole nitrogens is 1. The Balaban J connectivity index is 1.70. The Labute approximate surface area is 155 Å². The van der Waals surface area contributed by atoms with Gasteiger partial charge in [-0.1, -0.05) is 25.5 Å². The fraction of sp³-hybridized carbons (Fsp3) is 0.524. The Hall–Kier alpha value is -2.30. The number of aromatic amines is 1. The molecule has 1 aromatic heterocycles. The molecule has 0 unspecified atom stereocenters. The van der Waals surface area contributed by atoms with Crippen LogP contribution in [0.4, 0.5) is 0 Å². The molecule has 5 heteroatoms. The van der Waals surface area contributed by atoms with Gasteiger partial charge in [0.15, 0.2) is 0 Å². The predicted octanol–water partition coefficient (Wildman–Crippen LogP) is 3.21. The van der Waals surface area contributed by atoms with E-state index in [-0.39, 0.29) is 17.7 Å². The zero-order chi connectivity index (χ0) is 19.0. The van der Waals surface area contributed by atoms with E-state index in [1.165, 1.54) is 16.5 Å². The van der Waals surface area contributed by atoms with Crippen molar-refractivity contribution in [2.45, 2.75) is 47.6 Å². The Morgan fingerprint density at radius 1 is 1.31 bits per heavy atom. The SMILES string of the molecule is Cc1cc(CNC(=O)[C@H]2CC(=O)N(CC(C)C)C2)c2[nH]c(C)c(C)c2c1. The summed E-state index contributed by atoms with van der Waals surface area (Å²) in [5.74, 6) is 0.237. The van der Waals surface area contributed by atoms with Crippen molar-refractivity contribution < 1.29 is 9.59 Å². The third-order valence-corrected chi connectivity index (χ3v) is 5.27. The summed E-state index contributed by atoms with van der Waals surface area (Å²) in [6.07, 6.45) is 0.322. The molecule has 1 saturated heterocycles. The second-order valence-corrected chi connectivity index (χ2v) is 8.03. The van der Waals surface area contributed by atoms with Gasteiger partial charge in [-0.3, -0.25) is 9.59 Å². The van der Waals surface area contributed by atoms with Crippen LogP contribution in [0.2, 0.25) is 0 Å². The molecular weight excluding hydrogens is 326 g/mol. The van der Waals surface area contributed by atoms with Gasteiger partial charge in [0.05, 0.1) is 11.4 Å². The van der Waals surface area contributed by atoms with Crippen LogP contribution in [0.25, 0.3) is 10.9 Å². The third kappa shape index (κ3) is 3.62. The molecule has 0 aliphatic carbocycles. The van der Waals surface area contributed by atoms with Crippen LogP contribution in [0.5, 0.6) is 0 Å². The van der Waals surface area contributed by atoms with Crippen LogP contribution < -0.4 is 5.32 Å². The van der Waals surface area contributed by atoms with Crippen molar-refractivity contribution in [1.82, 2.24) is 15.2 Å². The zero-order valence-electron chi connectivity index (χ0n) is 16.4. The summed E-state index contributed by atoms with van der Waals surface area (Å²) in [6, 6.07) is 4.29. The summed E-state index contributed by atoms with van der Waals surface area (Å²) in [7, 11) is 0. The van der Waals surface area contributed by atoms with E-state index in [1.54, 1.807) is 0 Å². The number of benzene rings is 1. The first-order valence-electron chi connectivity index (χ1n) is 9.40. The van der Waals surface area contributed by atoms with E-state index in [2.05, 4.69) is 57.1 Å². The van der Waals surface area contributed by atoms with E-state index in [1.807, 2.05) is 4.90 Å². The van der Waals surface area contributed by atoms with Crippen LogP contribution in [0.1, 0.15) is 42.7 Å². The number of rotatable bonds is 5. The fourth-order valence-electron chi connectivity index (χ4n) is 3.82. The van der Waals surface area contributed by atoms with Gasteiger partial charge in [-0.05, 0) is 43.9 Å². The van der Waals surface area contributed by atoms with Crippen molar-refractivity contribution in [3.05, 3.63) is 34.5 Å². The van der Waals surface area contributed by atoms with Gasteiger partial charge in [0.2, 0.25) is 11.8 Å². The number of nitrogens with zero attached hydrogens (tertiary/aromatic N) is 1. The smallest absolute Gasteiger partial charge is 0.225 e. The van der Waals surface area contributed by atoms with Crippen molar-refractivity contribution >= 4 is 22.7 Å². The zero-order valence-corrected chi connectivity index (χ0v) is 16.4. The largest absolute Gasteiger partial charge is 0.358 e. The Bertz CT molecular complexity index is 851. The van der Waals surface area contributed by atoms with Gasteiger partial charge in [0.25, 0.3) is 0 Å². The molecule has 5 nitrogen and oxygen atoms in total. The molecule has 140 valence electrons. The van der Waals surface area contributed by atoms with E-state index in [9.17, 15) is 9.59 Å². The van der Waals surface area contributed by atoms with Gasteiger partial charge >= 0.3 is 0 Å². The van der Waals surface area contributed by atoms with Gasteiger partial charge < -0.3 is 15.2 Å². The molecule has 2 N–H and O–H groups in total. The van der Waals surface area contributed by atoms with Crippen LogP contribution in [-0.2, 0) is 16.1 Å². The molecule has 2 heterocycles. The maximum absolute atomic E-state index is 12.6. The molecule has 1 aliphatic heterocycles. The number of aryl methyl sites for hydroxylation is 3. The van der Waals surface area contributed by atoms with E-state index >= 15 is 0 Å². The fourth-order valence-corrected chi connectivity index (χ4v) is 3.82. The molecule has 0 saturated carbocycles. The van der Waals surface area contributed by atoms with Gasteiger partial charge in [0, 0.05) is 37.1 Å². The van der Waals surface area contributed by atoms with Crippen LogP contribution >= 0.6 is 0 Å². The van der Waals surface area contributed by atoms with Crippen LogP contribution in [0.15, 0.2) is 12.1 Å². The van der Waals surface area contributed by atoms with Crippen molar-refractivity contribution in [2.75, 3.05) is 13.1 Å². The summed E-state index contributed by atoms with van der Waals surface area (Å²) in [5, 5.41) is 4.26. The molecule has 1 atom stereocenters. The number of hydrogen-bond donors (Lipinski definition) is 2. The highest BCUT2D eigenvalue weighted by atomic mass is 16.2. The maximum Gasteiger partial charge on any atom is 0.225 e. The molecule has 0 bridgehead atoms. The lowest BCUT2D eigenvalue weighted by Gasteiger charge is -2.18. The molecule has 0 spiro atoms. The predicted molar refractivity (Wildman–Crippen MR) is 104 cm³/mol. The summed E-state index contributed by atoms with van der Waals surface area (Å²) in [5.41, 5.74) is 5.77. The Morgan fingerprint density at radius 2 is 2.04 bits per heavy atom. The van der Waals surface area contributed by atoms with E-state index in [4.69, 9.17) is 0 Å². The number of hydrogen-bond acceptors (Lipinski definition) is 2.